The van der Waals surface area contributed by atoms with Crippen molar-refractivity contribution in [1.29, 1.82) is 0 Å². The van der Waals surface area contributed by atoms with Crippen molar-refractivity contribution >= 4 is 28.4 Å². The van der Waals surface area contributed by atoms with Crippen LogP contribution in [0.1, 0.15) is 18.3 Å². The number of hydrogen-bond donors (Lipinski definition) is 0. The van der Waals surface area contributed by atoms with Crippen LogP contribution >= 0.6 is 11.8 Å². The Morgan fingerprint density at radius 3 is 2.71 bits per heavy atom. The summed E-state index contributed by atoms with van der Waals surface area (Å²) in [6.45, 7) is 5.46. The molecular formula is C21H24N4O2S. The lowest BCUT2D eigenvalue weighted by atomic mass is 10.0. The predicted molar refractivity (Wildman–Crippen MR) is 111 cm³/mol. The van der Waals surface area contributed by atoms with Gasteiger partial charge < -0.3 is 14.2 Å². The lowest BCUT2D eigenvalue weighted by molar-refractivity contribution is -0.132. The number of morpholine rings is 1. The molecule has 6 nitrogen and oxygen atoms in total. The third kappa shape index (κ3) is 4.05. The summed E-state index contributed by atoms with van der Waals surface area (Å²) >= 11 is 1.47. The molecule has 1 amide bonds. The van der Waals surface area contributed by atoms with Gasteiger partial charge in [0.1, 0.15) is 5.82 Å². The van der Waals surface area contributed by atoms with Crippen molar-refractivity contribution in [3.8, 4) is 0 Å². The smallest absolute Gasteiger partial charge is 0.233 e. The van der Waals surface area contributed by atoms with Gasteiger partial charge in [0.25, 0.3) is 0 Å². The van der Waals surface area contributed by atoms with Crippen molar-refractivity contribution in [1.82, 2.24) is 19.7 Å². The van der Waals surface area contributed by atoms with Crippen LogP contribution in [0.3, 0.4) is 0 Å². The Morgan fingerprint density at radius 1 is 1.11 bits per heavy atom. The van der Waals surface area contributed by atoms with E-state index in [0.717, 1.165) is 23.9 Å². The molecule has 0 unspecified atom stereocenters. The number of amides is 1. The van der Waals surface area contributed by atoms with Gasteiger partial charge in [0, 0.05) is 26.1 Å². The van der Waals surface area contributed by atoms with Crippen LogP contribution in [0.4, 0.5) is 0 Å². The summed E-state index contributed by atoms with van der Waals surface area (Å²) in [6.07, 6.45) is 0.722. The first-order valence-corrected chi connectivity index (χ1v) is 10.6. The molecule has 0 saturated carbocycles. The molecular weight excluding hydrogens is 372 g/mol. The standard InChI is InChI=1S/C21H24N4O2S/c1-2-25-19(14-17-8-5-7-16-6-3-4-9-18(16)17)22-23-21(25)28-15-20(26)24-10-12-27-13-11-24/h3-9H,2,10-15H2,1H3. The number of carbonyl (C=O) groups excluding carboxylic acids is 1. The maximum atomic E-state index is 12.4. The molecule has 7 heteroatoms. The van der Waals surface area contributed by atoms with E-state index < -0.39 is 0 Å². The summed E-state index contributed by atoms with van der Waals surface area (Å²) in [7, 11) is 0. The van der Waals surface area contributed by atoms with Crippen LogP contribution in [0, 0.1) is 0 Å². The Hall–Kier alpha value is -2.38. The highest BCUT2D eigenvalue weighted by Crippen LogP contribution is 2.23. The second-order valence-corrected chi connectivity index (χ2v) is 7.68. The highest BCUT2D eigenvalue weighted by molar-refractivity contribution is 7.99. The Morgan fingerprint density at radius 2 is 1.89 bits per heavy atom. The molecule has 1 fully saturated rings. The summed E-state index contributed by atoms with van der Waals surface area (Å²) in [6, 6.07) is 14.8. The summed E-state index contributed by atoms with van der Waals surface area (Å²) in [5.41, 5.74) is 1.24. The number of hydrogen-bond acceptors (Lipinski definition) is 5. The molecule has 2 heterocycles. The molecule has 3 aromatic rings. The normalized spacial score (nSPS) is 14.5. The van der Waals surface area contributed by atoms with E-state index in [4.69, 9.17) is 4.74 Å². The van der Waals surface area contributed by atoms with Crippen molar-refractivity contribution < 1.29 is 9.53 Å². The number of nitrogens with zero attached hydrogens (tertiary/aromatic N) is 4. The van der Waals surface area contributed by atoms with Crippen molar-refractivity contribution in [3.05, 3.63) is 53.9 Å². The van der Waals surface area contributed by atoms with Crippen molar-refractivity contribution in [2.45, 2.75) is 25.0 Å². The first-order chi connectivity index (χ1) is 13.8. The summed E-state index contributed by atoms with van der Waals surface area (Å²) in [5.74, 6) is 1.45. The highest BCUT2D eigenvalue weighted by atomic mass is 32.2. The first-order valence-electron chi connectivity index (χ1n) is 9.63. The molecule has 4 rings (SSSR count). The molecule has 1 saturated heterocycles. The second-order valence-electron chi connectivity index (χ2n) is 6.74. The van der Waals surface area contributed by atoms with Gasteiger partial charge in [0.05, 0.1) is 19.0 Å². The van der Waals surface area contributed by atoms with E-state index in [2.05, 4.69) is 64.2 Å². The van der Waals surface area contributed by atoms with Crippen LogP contribution in [0.5, 0.6) is 0 Å². The number of benzene rings is 2. The van der Waals surface area contributed by atoms with Gasteiger partial charge in [-0.05, 0) is 23.3 Å². The van der Waals surface area contributed by atoms with Gasteiger partial charge in [-0.3, -0.25) is 4.79 Å². The molecule has 146 valence electrons. The van der Waals surface area contributed by atoms with E-state index in [-0.39, 0.29) is 5.91 Å². The topological polar surface area (TPSA) is 60.2 Å². The van der Waals surface area contributed by atoms with Gasteiger partial charge in [0.2, 0.25) is 5.91 Å². The highest BCUT2D eigenvalue weighted by Gasteiger charge is 2.19. The molecule has 0 aliphatic carbocycles. The number of thioether (sulfide) groups is 1. The quantitative estimate of drug-likeness (QED) is 0.600. The average molecular weight is 397 g/mol. The largest absolute Gasteiger partial charge is 0.378 e. The zero-order valence-electron chi connectivity index (χ0n) is 16.0. The van der Waals surface area contributed by atoms with E-state index in [1.807, 2.05) is 4.90 Å². The number of carbonyl (C=O) groups is 1. The monoisotopic (exact) mass is 396 g/mol. The Balaban J connectivity index is 1.48. The van der Waals surface area contributed by atoms with Crippen LogP contribution in [-0.4, -0.2) is 57.6 Å². The minimum absolute atomic E-state index is 0.134. The minimum atomic E-state index is 0.134. The van der Waals surface area contributed by atoms with Gasteiger partial charge in [-0.25, -0.2) is 0 Å². The fraction of sp³-hybridized carbons (Fsp3) is 0.381. The van der Waals surface area contributed by atoms with Crippen LogP contribution in [0.15, 0.2) is 47.6 Å². The molecule has 0 spiro atoms. The Labute approximate surface area is 168 Å². The average Bonchev–Trinajstić information content (AvgIpc) is 3.14. The van der Waals surface area contributed by atoms with Crippen LogP contribution in [0.25, 0.3) is 10.8 Å². The van der Waals surface area contributed by atoms with Gasteiger partial charge in [0.15, 0.2) is 5.16 Å². The van der Waals surface area contributed by atoms with E-state index in [0.29, 0.717) is 32.1 Å². The number of aromatic nitrogens is 3. The number of rotatable bonds is 6. The maximum absolute atomic E-state index is 12.4. The fourth-order valence-electron chi connectivity index (χ4n) is 3.52. The van der Waals surface area contributed by atoms with Crippen LogP contribution in [0.2, 0.25) is 0 Å². The molecule has 2 aromatic carbocycles. The van der Waals surface area contributed by atoms with Crippen LogP contribution in [-0.2, 0) is 22.5 Å². The van der Waals surface area contributed by atoms with Gasteiger partial charge in [-0.2, -0.15) is 0 Å². The zero-order valence-corrected chi connectivity index (χ0v) is 16.8. The lowest BCUT2D eigenvalue weighted by Gasteiger charge is -2.26. The molecule has 1 aromatic heterocycles. The summed E-state index contributed by atoms with van der Waals surface area (Å²) in [5, 5.41) is 12.1. The molecule has 28 heavy (non-hydrogen) atoms. The van der Waals surface area contributed by atoms with E-state index in [9.17, 15) is 4.79 Å². The number of ether oxygens (including phenoxy) is 1. The summed E-state index contributed by atoms with van der Waals surface area (Å²) in [4.78, 5) is 14.3. The lowest BCUT2D eigenvalue weighted by Crippen LogP contribution is -2.41. The van der Waals surface area contributed by atoms with Gasteiger partial charge in [-0.1, -0.05) is 54.2 Å². The SMILES string of the molecule is CCn1c(Cc2cccc3ccccc23)nnc1SCC(=O)N1CCOCC1. The number of fused-ring (bicyclic) bond motifs is 1. The third-order valence-electron chi connectivity index (χ3n) is 5.03. The van der Waals surface area contributed by atoms with E-state index in [1.165, 1.54) is 28.1 Å². The molecule has 0 atom stereocenters. The fourth-order valence-corrected chi connectivity index (χ4v) is 4.45. The third-order valence-corrected chi connectivity index (χ3v) is 5.98. The van der Waals surface area contributed by atoms with E-state index >= 15 is 0 Å². The zero-order chi connectivity index (χ0) is 19.3. The Bertz CT molecular complexity index is 961. The predicted octanol–water partition coefficient (Wildman–Crippen LogP) is 2.99. The summed E-state index contributed by atoms with van der Waals surface area (Å²) < 4.78 is 7.42. The Kier molecular flexibility index (Phi) is 5.92. The van der Waals surface area contributed by atoms with Crippen molar-refractivity contribution in [3.63, 3.8) is 0 Å². The maximum Gasteiger partial charge on any atom is 0.233 e. The van der Waals surface area contributed by atoms with Crippen LogP contribution < -0.4 is 0 Å². The molecule has 1 aliphatic heterocycles. The van der Waals surface area contributed by atoms with Gasteiger partial charge in [-0.15, -0.1) is 10.2 Å². The molecule has 0 radical (unpaired) electrons. The first kappa shape index (κ1) is 19.0. The second kappa shape index (κ2) is 8.75. The minimum Gasteiger partial charge on any atom is -0.378 e. The van der Waals surface area contributed by atoms with Crippen molar-refractivity contribution in [2.75, 3.05) is 32.1 Å². The van der Waals surface area contributed by atoms with E-state index in [1.54, 1.807) is 0 Å². The molecule has 1 aliphatic rings. The molecule has 0 bridgehead atoms. The van der Waals surface area contributed by atoms with Crippen molar-refractivity contribution in [2.24, 2.45) is 0 Å². The molecule has 0 N–H and O–H groups in total. The van der Waals surface area contributed by atoms with Gasteiger partial charge >= 0.3 is 0 Å².